The second-order valence-electron chi connectivity index (χ2n) is 8.00. The second-order valence-corrected chi connectivity index (χ2v) is 10.1. The number of nitrogens with one attached hydrogen (secondary N) is 1. The maximum atomic E-state index is 14.7. The topological polar surface area (TPSA) is 72.9 Å². The Morgan fingerprint density at radius 3 is 2.71 bits per heavy atom. The zero-order valence-corrected chi connectivity index (χ0v) is 20.7. The van der Waals surface area contributed by atoms with Crippen LogP contribution in [-0.2, 0) is 4.74 Å². The van der Waals surface area contributed by atoms with Gasteiger partial charge in [-0.15, -0.1) is 0 Å². The number of piperidine rings is 1. The summed E-state index contributed by atoms with van der Waals surface area (Å²) in [6.45, 7) is 6.63. The summed E-state index contributed by atoms with van der Waals surface area (Å²) in [5.41, 5.74) is 0.250. The van der Waals surface area contributed by atoms with Crippen LogP contribution in [0.25, 0.3) is 0 Å². The predicted octanol–water partition coefficient (Wildman–Crippen LogP) is 5.40. The number of anilines is 2. The van der Waals surface area contributed by atoms with E-state index in [1.807, 2.05) is 38.5 Å². The van der Waals surface area contributed by atoms with Crippen LogP contribution in [0, 0.1) is 18.3 Å². The molecule has 3 rings (SSSR count). The van der Waals surface area contributed by atoms with E-state index in [1.165, 1.54) is 12.3 Å². The number of aromatic nitrogens is 1. The van der Waals surface area contributed by atoms with Crippen molar-refractivity contribution in [1.29, 1.82) is 0 Å². The van der Waals surface area contributed by atoms with Gasteiger partial charge in [0.2, 0.25) is 5.75 Å². The molecule has 0 bridgehead atoms. The summed E-state index contributed by atoms with van der Waals surface area (Å²) in [5.74, 6) is 0.440. The van der Waals surface area contributed by atoms with Gasteiger partial charge in [-0.25, -0.2) is 14.2 Å². The number of amides is 1. The third-order valence-corrected chi connectivity index (χ3v) is 6.98. The zero-order chi connectivity index (χ0) is 24.7. The zero-order valence-electron chi connectivity index (χ0n) is 19.8. The summed E-state index contributed by atoms with van der Waals surface area (Å²) in [5, 5.41) is 4.99. The summed E-state index contributed by atoms with van der Waals surface area (Å²) in [6.07, 6.45) is 11.7. The molecule has 1 fully saturated rings. The van der Waals surface area contributed by atoms with Gasteiger partial charge in [-0.1, -0.05) is 11.8 Å². The highest BCUT2D eigenvalue weighted by molar-refractivity contribution is 8.14. The number of rotatable bonds is 7. The first-order valence-corrected chi connectivity index (χ1v) is 12.8. The highest BCUT2D eigenvalue weighted by atomic mass is 32.2. The number of ether oxygens (including phenoxy) is 3. The van der Waals surface area contributed by atoms with E-state index in [0.717, 1.165) is 4.90 Å². The number of nitrogens with zero attached hydrogens (tertiary/aromatic N) is 2. The Labute approximate surface area is 202 Å². The smallest absolute Gasteiger partial charge is 0.410 e. The number of terminal acetylenes is 1. The summed E-state index contributed by atoms with van der Waals surface area (Å²) < 4.78 is 31.5. The van der Waals surface area contributed by atoms with E-state index in [2.05, 4.69) is 16.4 Å². The van der Waals surface area contributed by atoms with Crippen molar-refractivity contribution in [2.24, 2.45) is 0 Å². The van der Waals surface area contributed by atoms with Gasteiger partial charge >= 0.3 is 6.09 Å². The molecule has 0 spiro atoms. The molecule has 34 heavy (non-hydrogen) atoms. The quantitative estimate of drug-likeness (QED) is 0.416. The van der Waals surface area contributed by atoms with Gasteiger partial charge in [0.1, 0.15) is 18.0 Å². The molecular weight excluding hydrogens is 457 g/mol. The molecule has 1 aromatic carbocycles. The first-order valence-electron chi connectivity index (χ1n) is 11.1. The number of halogens is 1. The van der Waals surface area contributed by atoms with Gasteiger partial charge in [0.05, 0.1) is 11.8 Å². The van der Waals surface area contributed by atoms with Crippen molar-refractivity contribution in [3.8, 4) is 24.0 Å². The molecule has 1 N–H and O–H groups in total. The van der Waals surface area contributed by atoms with E-state index in [-0.39, 0.29) is 46.0 Å². The highest BCUT2D eigenvalue weighted by Gasteiger charge is 2.27. The summed E-state index contributed by atoms with van der Waals surface area (Å²) in [4.78, 5) is 18.9. The Morgan fingerprint density at radius 2 is 2.09 bits per heavy atom. The van der Waals surface area contributed by atoms with Crippen LogP contribution in [0.4, 0.5) is 20.7 Å². The van der Waals surface area contributed by atoms with E-state index >= 15 is 0 Å². The van der Waals surface area contributed by atoms with Crippen LogP contribution in [0.1, 0.15) is 33.6 Å². The van der Waals surface area contributed by atoms with Crippen molar-refractivity contribution in [3.05, 3.63) is 36.3 Å². The average molecular weight is 488 g/mol. The third kappa shape index (κ3) is 6.41. The van der Waals surface area contributed by atoms with Crippen LogP contribution in [0.15, 0.2) is 35.4 Å². The molecule has 1 amide bonds. The van der Waals surface area contributed by atoms with Crippen LogP contribution >= 0.6 is 10.5 Å². The first kappa shape index (κ1) is 25.4. The van der Waals surface area contributed by atoms with Crippen molar-refractivity contribution >= 4 is 33.5 Å². The second kappa shape index (κ2) is 11.7. The number of carbonyl (C=O) groups excluding carboxylic acids is 1. The molecule has 1 aromatic heterocycles. The van der Waals surface area contributed by atoms with E-state index < -0.39 is 5.82 Å². The SMILES string of the molecule is C#COc1c(OC2CCN(C(=O)OC(C)C)CC2)ccnc1Nc1ccc(/S(C)=C\C)cc1F. The number of benzene rings is 1. The molecule has 0 saturated carbocycles. The molecule has 0 radical (unpaired) electrons. The normalized spacial score (nSPS) is 15.0. The summed E-state index contributed by atoms with van der Waals surface area (Å²) in [7, 11) is -0.142. The highest BCUT2D eigenvalue weighted by Crippen LogP contribution is 2.37. The lowest BCUT2D eigenvalue weighted by molar-refractivity contribution is 0.0512. The number of likely N-dealkylation sites (tertiary alicyclic amines) is 1. The lowest BCUT2D eigenvalue weighted by atomic mass is 10.1. The molecule has 182 valence electrons. The lowest BCUT2D eigenvalue weighted by Gasteiger charge is -2.32. The fourth-order valence-electron chi connectivity index (χ4n) is 3.44. The molecule has 7 nitrogen and oxygen atoms in total. The summed E-state index contributed by atoms with van der Waals surface area (Å²) in [6, 6.07) is 6.69. The van der Waals surface area contributed by atoms with Gasteiger partial charge in [0.15, 0.2) is 11.6 Å². The molecule has 1 unspecified atom stereocenters. The number of hydrogen-bond acceptors (Lipinski definition) is 6. The summed E-state index contributed by atoms with van der Waals surface area (Å²) >= 11 is 0. The van der Waals surface area contributed by atoms with Gasteiger partial charge in [-0.2, -0.15) is 10.5 Å². The standard InChI is InChI=1S/C25H30FN3O4S/c1-6-31-23-22(33-18-11-14-29(15-12-18)25(30)32-17(3)4)10-13-27-24(23)28-21-9-8-19(16-20(21)26)34(5)7-2/h1,7-10,13,16-18H,11-12,14-15H2,2-5H3,(H,27,28). The van der Waals surface area contributed by atoms with Gasteiger partial charge in [-0.3, -0.25) is 0 Å². The lowest BCUT2D eigenvalue weighted by Crippen LogP contribution is -2.42. The van der Waals surface area contributed by atoms with Crippen molar-refractivity contribution in [2.75, 3.05) is 24.7 Å². The minimum Gasteiger partial charge on any atom is -0.486 e. The predicted molar refractivity (Wildman–Crippen MR) is 134 cm³/mol. The maximum absolute atomic E-state index is 14.7. The van der Waals surface area contributed by atoms with E-state index in [1.54, 1.807) is 17.0 Å². The molecule has 2 heterocycles. The van der Waals surface area contributed by atoms with Gasteiger partial charge < -0.3 is 24.4 Å². The Hall–Kier alpha value is -3.25. The Balaban J connectivity index is 1.74. The van der Waals surface area contributed by atoms with Crippen LogP contribution < -0.4 is 14.8 Å². The Bertz CT molecular complexity index is 1090. The first-order chi connectivity index (χ1) is 16.3. The van der Waals surface area contributed by atoms with E-state index in [4.69, 9.17) is 20.6 Å². The number of carbonyl (C=O) groups is 1. The van der Waals surface area contributed by atoms with Crippen molar-refractivity contribution in [2.45, 2.75) is 50.7 Å². The van der Waals surface area contributed by atoms with E-state index in [0.29, 0.717) is 31.7 Å². The molecule has 2 aromatic rings. The van der Waals surface area contributed by atoms with Crippen molar-refractivity contribution < 1.29 is 23.4 Å². The fraction of sp³-hybridized carbons (Fsp3) is 0.400. The average Bonchev–Trinajstić information content (AvgIpc) is 2.81. The maximum Gasteiger partial charge on any atom is 0.410 e. The van der Waals surface area contributed by atoms with Gasteiger partial charge in [-0.05, 0) is 45.2 Å². The van der Waals surface area contributed by atoms with Gasteiger partial charge in [0.25, 0.3) is 0 Å². The molecule has 1 aliphatic rings. The van der Waals surface area contributed by atoms with E-state index in [9.17, 15) is 9.18 Å². The van der Waals surface area contributed by atoms with Crippen LogP contribution in [-0.4, -0.2) is 52.9 Å². The number of pyridine rings is 1. The molecule has 1 aliphatic heterocycles. The minimum atomic E-state index is -0.404. The monoisotopic (exact) mass is 487 g/mol. The molecule has 0 aliphatic carbocycles. The van der Waals surface area contributed by atoms with Crippen molar-refractivity contribution in [1.82, 2.24) is 9.88 Å². The Kier molecular flexibility index (Phi) is 8.77. The molecule has 1 atom stereocenters. The van der Waals surface area contributed by atoms with Crippen LogP contribution in [0.2, 0.25) is 0 Å². The largest absolute Gasteiger partial charge is 0.486 e. The molecule has 1 saturated heterocycles. The molecular formula is C25H30FN3O4S. The van der Waals surface area contributed by atoms with Crippen LogP contribution in [0.3, 0.4) is 0 Å². The minimum absolute atomic E-state index is 0.142. The fourth-order valence-corrected chi connectivity index (χ4v) is 4.29. The number of hydrogen-bond donors (Lipinski definition) is 1. The molecule has 9 heteroatoms. The Morgan fingerprint density at radius 1 is 1.35 bits per heavy atom. The van der Waals surface area contributed by atoms with Gasteiger partial charge in [0, 0.05) is 43.1 Å². The van der Waals surface area contributed by atoms with Crippen molar-refractivity contribution in [3.63, 3.8) is 0 Å². The van der Waals surface area contributed by atoms with Crippen LogP contribution in [0.5, 0.6) is 11.5 Å². The third-order valence-electron chi connectivity index (χ3n) is 5.28.